The number of amides is 1. The van der Waals surface area contributed by atoms with E-state index < -0.39 is 10.0 Å². The minimum Gasteiger partial charge on any atom is -0.357 e. The molecule has 0 aliphatic carbocycles. The zero-order valence-corrected chi connectivity index (χ0v) is 19.0. The lowest BCUT2D eigenvalue weighted by atomic mass is 9.98. The Hall–Kier alpha value is -2.64. The number of aromatic nitrogens is 1. The Labute approximate surface area is 183 Å². The molecule has 1 aromatic heterocycles. The Morgan fingerprint density at radius 1 is 1.10 bits per heavy atom. The van der Waals surface area contributed by atoms with Gasteiger partial charge in [-0.2, -0.15) is 4.31 Å². The molecule has 1 N–H and O–H groups in total. The molecule has 1 fully saturated rings. The third-order valence-corrected chi connectivity index (χ3v) is 8.19. The number of para-hydroxylation sites is 1. The Morgan fingerprint density at radius 2 is 1.87 bits per heavy atom. The molecular weight excluding hydrogens is 410 g/mol. The van der Waals surface area contributed by atoms with Crippen LogP contribution in [-0.4, -0.2) is 48.1 Å². The zero-order valence-electron chi connectivity index (χ0n) is 18.2. The highest BCUT2D eigenvalue weighted by Gasteiger charge is 2.31. The standard InChI is InChI=1S/C24H29N3O3S/c1-17(2)26(3)31(29,30)20-11-8-10-19(15-20)24(28)27-14-7-6-13-23(27)22-16-18-9-4-5-12-21(18)25-22/h4-5,8-12,15-17,23,25H,6-7,13-14H2,1-3H3/t23-/m1/s1. The maximum atomic E-state index is 13.5. The lowest BCUT2D eigenvalue weighted by molar-refractivity contribution is 0.0606. The largest absolute Gasteiger partial charge is 0.357 e. The summed E-state index contributed by atoms with van der Waals surface area (Å²) >= 11 is 0. The molecule has 164 valence electrons. The summed E-state index contributed by atoms with van der Waals surface area (Å²) in [5.41, 5.74) is 2.49. The van der Waals surface area contributed by atoms with Crippen molar-refractivity contribution >= 4 is 26.8 Å². The zero-order chi connectivity index (χ0) is 22.2. The van der Waals surface area contributed by atoms with Crippen molar-refractivity contribution in [1.82, 2.24) is 14.2 Å². The number of nitrogens with one attached hydrogen (secondary N) is 1. The molecule has 0 unspecified atom stereocenters. The van der Waals surface area contributed by atoms with Gasteiger partial charge < -0.3 is 9.88 Å². The summed E-state index contributed by atoms with van der Waals surface area (Å²) in [5.74, 6) is -0.132. The molecule has 0 radical (unpaired) electrons. The molecule has 1 saturated heterocycles. The summed E-state index contributed by atoms with van der Waals surface area (Å²) in [6.45, 7) is 4.30. The lowest BCUT2D eigenvalue weighted by Gasteiger charge is -2.35. The van der Waals surface area contributed by atoms with Crippen molar-refractivity contribution in [2.45, 2.75) is 50.1 Å². The molecule has 1 aliphatic heterocycles. The average molecular weight is 440 g/mol. The van der Waals surface area contributed by atoms with E-state index in [1.807, 2.05) is 36.9 Å². The highest BCUT2D eigenvalue weighted by molar-refractivity contribution is 7.89. The number of piperidine rings is 1. The number of carbonyl (C=O) groups is 1. The third kappa shape index (κ3) is 4.12. The van der Waals surface area contributed by atoms with Gasteiger partial charge in [-0.3, -0.25) is 4.79 Å². The summed E-state index contributed by atoms with van der Waals surface area (Å²) in [6, 6.07) is 16.4. The fourth-order valence-electron chi connectivity index (χ4n) is 4.17. The van der Waals surface area contributed by atoms with E-state index in [4.69, 9.17) is 0 Å². The Balaban J connectivity index is 1.66. The number of hydrogen-bond donors (Lipinski definition) is 1. The third-order valence-electron chi connectivity index (χ3n) is 6.16. The molecule has 0 bridgehead atoms. The molecule has 3 aromatic rings. The van der Waals surface area contributed by atoms with Crippen LogP contribution in [0.5, 0.6) is 0 Å². The number of rotatable bonds is 5. The quantitative estimate of drug-likeness (QED) is 0.633. The molecule has 1 atom stereocenters. The van der Waals surface area contributed by atoms with Crippen LogP contribution in [0.4, 0.5) is 0 Å². The summed E-state index contributed by atoms with van der Waals surface area (Å²) in [4.78, 5) is 19.0. The van der Waals surface area contributed by atoms with E-state index in [1.54, 1.807) is 25.2 Å². The predicted octanol–water partition coefficient (Wildman–Crippen LogP) is 4.56. The molecule has 31 heavy (non-hydrogen) atoms. The van der Waals surface area contributed by atoms with Crippen molar-refractivity contribution in [1.29, 1.82) is 0 Å². The highest BCUT2D eigenvalue weighted by Crippen LogP contribution is 2.33. The molecule has 0 saturated carbocycles. The minimum atomic E-state index is -3.65. The smallest absolute Gasteiger partial charge is 0.254 e. The van der Waals surface area contributed by atoms with Crippen molar-refractivity contribution in [2.75, 3.05) is 13.6 Å². The van der Waals surface area contributed by atoms with Crippen LogP contribution >= 0.6 is 0 Å². The first-order valence-corrected chi connectivity index (χ1v) is 12.2. The number of fused-ring (bicyclic) bond motifs is 1. The molecule has 6 nitrogen and oxygen atoms in total. The van der Waals surface area contributed by atoms with Gasteiger partial charge in [0.05, 0.1) is 10.9 Å². The van der Waals surface area contributed by atoms with E-state index in [0.717, 1.165) is 35.9 Å². The fraction of sp³-hybridized carbons (Fsp3) is 0.375. The predicted molar refractivity (Wildman–Crippen MR) is 122 cm³/mol. The topological polar surface area (TPSA) is 73.5 Å². The van der Waals surface area contributed by atoms with E-state index in [9.17, 15) is 13.2 Å². The van der Waals surface area contributed by atoms with Crippen LogP contribution in [0.3, 0.4) is 0 Å². The first-order chi connectivity index (χ1) is 14.8. The molecule has 1 amide bonds. The van der Waals surface area contributed by atoms with Crippen LogP contribution in [0.15, 0.2) is 59.5 Å². The Kier molecular flexibility index (Phi) is 5.90. The second-order valence-corrected chi connectivity index (χ2v) is 10.5. The van der Waals surface area contributed by atoms with Crippen LogP contribution < -0.4 is 0 Å². The van der Waals surface area contributed by atoms with Crippen LogP contribution in [0.1, 0.15) is 55.2 Å². The van der Waals surface area contributed by atoms with Gasteiger partial charge in [-0.25, -0.2) is 8.42 Å². The highest BCUT2D eigenvalue weighted by atomic mass is 32.2. The van der Waals surface area contributed by atoms with Gasteiger partial charge in [0, 0.05) is 36.4 Å². The number of sulfonamides is 1. The van der Waals surface area contributed by atoms with Gasteiger partial charge in [0.15, 0.2) is 0 Å². The summed E-state index contributed by atoms with van der Waals surface area (Å²) in [6.07, 6.45) is 2.88. The molecule has 7 heteroatoms. The van der Waals surface area contributed by atoms with Crippen molar-refractivity contribution < 1.29 is 13.2 Å². The Morgan fingerprint density at radius 3 is 2.61 bits per heavy atom. The number of H-pyrrole nitrogens is 1. The molecule has 2 heterocycles. The Bertz CT molecular complexity index is 1170. The maximum Gasteiger partial charge on any atom is 0.254 e. The van der Waals surface area contributed by atoms with Crippen molar-refractivity contribution in [3.63, 3.8) is 0 Å². The summed E-state index contributed by atoms with van der Waals surface area (Å²) in [7, 11) is -2.09. The number of carbonyl (C=O) groups excluding carboxylic acids is 1. The number of benzene rings is 2. The molecule has 0 spiro atoms. The summed E-state index contributed by atoms with van der Waals surface area (Å²) < 4.78 is 27.1. The molecule has 2 aromatic carbocycles. The van der Waals surface area contributed by atoms with Gasteiger partial charge in [-0.05, 0) is 68.8 Å². The maximum absolute atomic E-state index is 13.5. The minimum absolute atomic E-state index is 0.0488. The SMILES string of the molecule is CC(C)N(C)S(=O)(=O)c1cccc(C(=O)N2CCCC[C@@H]2c2cc3ccccc3[nH]2)c1. The fourth-order valence-corrected chi connectivity index (χ4v) is 5.59. The van der Waals surface area contributed by atoms with Crippen molar-refractivity contribution in [3.05, 3.63) is 65.9 Å². The van der Waals surface area contributed by atoms with E-state index in [-0.39, 0.29) is 22.9 Å². The van der Waals surface area contributed by atoms with Gasteiger partial charge in [-0.15, -0.1) is 0 Å². The van der Waals surface area contributed by atoms with Gasteiger partial charge in [0.2, 0.25) is 10.0 Å². The molecule has 4 rings (SSSR count). The average Bonchev–Trinajstić information content (AvgIpc) is 3.22. The summed E-state index contributed by atoms with van der Waals surface area (Å²) in [5, 5.41) is 1.13. The van der Waals surface area contributed by atoms with Crippen LogP contribution in [0, 0.1) is 0 Å². The second kappa shape index (κ2) is 8.48. The van der Waals surface area contributed by atoms with Gasteiger partial charge >= 0.3 is 0 Å². The molecule has 1 aliphatic rings. The monoisotopic (exact) mass is 439 g/mol. The number of aromatic amines is 1. The number of nitrogens with zero attached hydrogens (tertiary/aromatic N) is 2. The van der Waals surface area contributed by atoms with Crippen LogP contribution in [0.25, 0.3) is 10.9 Å². The lowest BCUT2D eigenvalue weighted by Crippen LogP contribution is -2.39. The van der Waals surface area contributed by atoms with Crippen LogP contribution in [0.2, 0.25) is 0 Å². The number of likely N-dealkylation sites (tertiary alicyclic amines) is 1. The second-order valence-electron chi connectivity index (χ2n) is 8.46. The number of hydrogen-bond acceptors (Lipinski definition) is 3. The van der Waals surface area contributed by atoms with Crippen LogP contribution in [-0.2, 0) is 10.0 Å². The van der Waals surface area contributed by atoms with E-state index >= 15 is 0 Å². The van der Waals surface area contributed by atoms with Crippen molar-refractivity contribution in [2.24, 2.45) is 0 Å². The van der Waals surface area contributed by atoms with Gasteiger partial charge in [-0.1, -0.05) is 24.3 Å². The van der Waals surface area contributed by atoms with E-state index in [2.05, 4.69) is 17.1 Å². The van der Waals surface area contributed by atoms with Crippen molar-refractivity contribution in [3.8, 4) is 0 Å². The van der Waals surface area contributed by atoms with Gasteiger partial charge in [0.1, 0.15) is 0 Å². The van der Waals surface area contributed by atoms with E-state index in [1.165, 1.54) is 10.4 Å². The first kappa shape index (κ1) is 21.6. The first-order valence-electron chi connectivity index (χ1n) is 10.8. The van der Waals surface area contributed by atoms with E-state index in [0.29, 0.717) is 12.1 Å². The molecular formula is C24H29N3O3S. The normalized spacial score (nSPS) is 17.6. The van der Waals surface area contributed by atoms with Gasteiger partial charge in [0.25, 0.3) is 5.91 Å².